The van der Waals surface area contributed by atoms with E-state index < -0.39 is 0 Å². The number of hydrogen-bond acceptors (Lipinski definition) is 4. The molecule has 1 amide bonds. The van der Waals surface area contributed by atoms with Crippen LogP contribution in [-0.4, -0.2) is 31.9 Å². The number of aliphatic hydroxyl groups excluding tert-OH is 1. The number of carbonyl (C=O) groups excluding carboxylic acids is 1. The third-order valence-corrected chi connectivity index (χ3v) is 5.01. The van der Waals surface area contributed by atoms with Crippen molar-refractivity contribution in [3.8, 4) is 0 Å². The second kappa shape index (κ2) is 7.72. The summed E-state index contributed by atoms with van der Waals surface area (Å²) < 4.78 is 1.82. The Bertz CT molecular complexity index is 890. The summed E-state index contributed by atoms with van der Waals surface area (Å²) in [5, 5.41) is 17.0. The number of nitrogens with zero attached hydrogens (tertiary/aromatic N) is 3. The number of pyridine rings is 1. The van der Waals surface area contributed by atoms with Crippen molar-refractivity contribution >= 4 is 5.91 Å². The van der Waals surface area contributed by atoms with Crippen molar-refractivity contribution in [2.75, 3.05) is 0 Å². The van der Waals surface area contributed by atoms with Gasteiger partial charge in [-0.3, -0.25) is 14.5 Å². The molecule has 27 heavy (non-hydrogen) atoms. The second-order valence-corrected chi connectivity index (χ2v) is 7.00. The highest BCUT2D eigenvalue weighted by Crippen LogP contribution is 2.37. The molecule has 1 aliphatic rings. The normalized spacial score (nSPS) is 19.9. The fourth-order valence-electron chi connectivity index (χ4n) is 3.51. The number of amides is 1. The summed E-state index contributed by atoms with van der Waals surface area (Å²) in [5.74, 6) is 0.0699. The zero-order chi connectivity index (χ0) is 18.6. The molecule has 3 aromatic rings. The van der Waals surface area contributed by atoms with Crippen LogP contribution in [0.3, 0.4) is 0 Å². The predicted molar refractivity (Wildman–Crippen MR) is 101 cm³/mol. The van der Waals surface area contributed by atoms with Gasteiger partial charge < -0.3 is 10.4 Å². The Labute approximate surface area is 157 Å². The van der Waals surface area contributed by atoms with Crippen LogP contribution in [-0.2, 0) is 6.54 Å². The quantitative estimate of drug-likeness (QED) is 0.706. The summed E-state index contributed by atoms with van der Waals surface area (Å²) >= 11 is 0. The predicted octanol–water partition coefficient (Wildman–Crippen LogP) is 2.57. The summed E-state index contributed by atoms with van der Waals surface area (Å²) in [6.07, 6.45) is 6.44. The molecule has 2 aromatic heterocycles. The Morgan fingerprint density at radius 2 is 2.07 bits per heavy atom. The minimum atomic E-state index is -0.282. The van der Waals surface area contributed by atoms with Crippen LogP contribution in [0.25, 0.3) is 0 Å². The first-order valence-electron chi connectivity index (χ1n) is 9.15. The fraction of sp³-hybridized carbons (Fsp3) is 0.286. The Balaban J connectivity index is 1.51. The first kappa shape index (κ1) is 17.4. The lowest BCUT2D eigenvalue weighted by molar-refractivity contribution is 0.0228. The molecular formula is C21H22N4O2. The topological polar surface area (TPSA) is 80.0 Å². The van der Waals surface area contributed by atoms with E-state index in [0.717, 1.165) is 11.3 Å². The molecule has 6 heteroatoms. The molecular weight excluding hydrogens is 340 g/mol. The third kappa shape index (κ3) is 4.06. The Morgan fingerprint density at radius 3 is 2.78 bits per heavy atom. The Kier molecular flexibility index (Phi) is 4.98. The van der Waals surface area contributed by atoms with E-state index in [0.29, 0.717) is 24.9 Å². The lowest BCUT2D eigenvalue weighted by atomic mass is 9.76. The van der Waals surface area contributed by atoms with Crippen molar-refractivity contribution in [2.45, 2.75) is 31.5 Å². The molecule has 1 saturated carbocycles. The van der Waals surface area contributed by atoms with Gasteiger partial charge in [-0.25, -0.2) is 0 Å². The van der Waals surface area contributed by atoms with Gasteiger partial charge in [0.15, 0.2) is 0 Å². The van der Waals surface area contributed by atoms with Crippen LogP contribution in [0.5, 0.6) is 0 Å². The van der Waals surface area contributed by atoms with E-state index in [4.69, 9.17) is 0 Å². The van der Waals surface area contributed by atoms with Crippen molar-refractivity contribution < 1.29 is 9.90 Å². The van der Waals surface area contributed by atoms with Gasteiger partial charge in [-0.2, -0.15) is 5.10 Å². The summed E-state index contributed by atoms with van der Waals surface area (Å²) in [7, 11) is 0. The number of carbonyl (C=O) groups is 1. The van der Waals surface area contributed by atoms with E-state index in [2.05, 4.69) is 15.4 Å². The molecule has 0 saturated heterocycles. The van der Waals surface area contributed by atoms with E-state index in [1.165, 1.54) is 0 Å². The zero-order valence-electron chi connectivity index (χ0n) is 14.9. The van der Waals surface area contributed by atoms with Gasteiger partial charge in [0, 0.05) is 24.2 Å². The van der Waals surface area contributed by atoms with Crippen molar-refractivity contribution in [3.05, 3.63) is 83.9 Å². The maximum atomic E-state index is 12.9. The van der Waals surface area contributed by atoms with Gasteiger partial charge in [0.1, 0.15) is 0 Å². The molecule has 1 atom stereocenters. The molecule has 1 fully saturated rings. The third-order valence-electron chi connectivity index (χ3n) is 5.01. The summed E-state index contributed by atoms with van der Waals surface area (Å²) in [5.41, 5.74) is 2.45. The first-order valence-corrected chi connectivity index (χ1v) is 9.15. The van der Waals surface area contributed by atoms with E-state index in [1.807, 2.05) is 59.4 Å². The van der Waals surface area contributed by atoms with Gasteiger partial charge in [0.2, 0.25) is 0 Å². The smallest absolute Gasteiger partial charge is 0.251 e. The van der Waals surface area contributed by atoms with Gasteiger partial charge in [-0.05, 0) is 54.7 Å². The summed E-state index contributed by atoms with van der Waals surface area (Å²) in [4.78, 5) is 17.3. The monoisotopic (exact) mass is 362 g/mol. The van der Waals surface area contributed by atoms with E-state index in [9.17, 15) is 9.90 Å². The minimum Gasteiger partial charge on any atom is -0.393 e. The van der Waals surface area contributed by atoms with Crippen LogP contribution in [0.1, 0.15) is 40.5 Å². The molecule has 4 rings (SSSR count). The number of aliphatic hydroxyl groups is 1. The second-order valence-electron chi connectivity index (χ2n) is 7.00. The number of hydrogen-bond donors (Lipinski definition) is 2. The van der Waals surface area contributed by atoms with Crippen LogP contribution in [0, 0.1) is 5.92 Å². The number of benzene rings is 1. The Hall–Kier alpha value is -2.99. The molecule has 6 nitrogen and oxygen atoms in total. The van der Waals surface area contributed by atoms with Gasteiger partial charge in [0.05, 0.1) is 24.4 Å². The van der Waals surface area contributed by atoms with Crippen molar-refractivity contribution in [1.82, 2.24) is 20.1 Å². The molecule has 0 radical (unpaired) electrons. The van der Waals surface area contributed by atoms with E-state index >= 15 is 0 Å². The molecule has 1 unspecified atom stereocenters. The summed E-state index contributed by atoms with van der Waals surface area (Å²) in [6, 6.07) is 14.9. The van der Waals surface area contributed by atoms with Crippen molar-refractivity contribution in [1.29, 1.82) is 0 Å². The maximum Gasteiger partial charge on any atom is 0.251 e. The lowest BCUT2D eigenvalue weighted by Crippen LogP contribution is -2.41. The lowest BCUT2D eigenvalue weighted by Gasteiger charge is -2.37. The molecule has 1 aromatic carbocycles. The van der Waals surface area contributed by atoms with E-state index in [-0.39, 0.29) is 24.0 Å². The van der Waals surface area contributed by atoms with Gasteiger partial charge >= 0.3 is 0 Å². The molecule has 1 aliphatic carbocycles. The van der Waals surface area contributed by atoms with Crippen LogP contribution >= 0.6 is 0 Å². The molecule has 0 bridgehead atoms. The van der Waals surface area contributed by atoms with Crippen LogP contribution in [0.15, 0.2) is 67.1 Å². The highest BCUT2D eigenvalue weighted by atomic mass is 16.3. The number of aromatic nitrogens is 3. The van der Waals surface area contributed by atoms with Crippen molar-refractivity contribution in [3.63, 3.8) is 0 Å². The van der Waals surface area contributed by atoms with Crippen LogP contribution in [0.4, 0.5) is 0 Å². The fourth-order valence-corrected chi connectivity index (χ4v) is 3.51. The summed E-state index contributed by atoms with van der Waals surface area (Å²) in [6.45, 7) is 0.618. The molecule has 2 heterocycles. The Morgan fingerprint density at radius 1 is 1.19 bits per heavy atom. The zero-order valence-corrected chi connectivity index (χ0v) is 14.9. The number of rotatable bonds is 6. The number of nitrogens with one attached hydrogen (secondary N) is 1. The van der Waals surface area contributed by atoms with Gasteiger partial charge in [-0.1, -0.05) is 18.2 Å². The van der Waals surface area contributed by atoms with Crippen LogP contribution < -0.4 is 5.32 Å². The molecule has 0 spiro atoms. The molecule has 2 N–H and O–H groups in total. The SMILES string of the molecule is O=C(NC(c1ccccn1)C1CC(O)C1)c1cccc(Cn2cccn2)c1. The van der Waals surface area contributed by atoms with Gasteiger partial charge in [-0.15, -0.1) is 0 Å². The van der Waals surface area contributed by atoms with E-state index in [1.54, 1.807) is 12.4 Å². The molecule has 0 aliphatic heterocycles. The highest BCUT2D eigenvalue weighted by molar-refractivity contribution is 5.94. The average molecular weight is 362 g/mol. The highest BCUT2D eigenvalue weighted by Gasteiger charge is 2.36. The first-order chi connectivity index (χ1) is 13.2. The molecule has 138 valence electrons. The standard InChI is InChI=1S/C21H22N4O2/c26-18-12-17(13-18)20(19-7-1-2-8-22-19)24-21(27)16-6-3-5-15(11-16)14-25-10-4-9-23-25/h1-11,17-18,20,26H,12-14H2,(H,24,27). The average Bonchev–Trinajstić information content (AvgIpc) is 3.17. The maximum absolute atomic E-state index is 12.9. The minimum absolute atomic E-state index is 0.130. The largest absolute Gasteiger partial charge is 0.393 e. The van der Waals surface area contributed by atoms with Crippen molar-refractivity contribution in [2.24, 2.45) is 5.92 Å². The van der Waals surface area contributed by atoms with Crippen LogP contribution in [0.2, 0.25) is 0 Å². The van der Waals surface area contributed by atoms with Gasteiger partial charge in [0.25, 0.3) is 5.91 Å².